The number of rotatable bonds is 5. The summed E-state index contributed by atoms with van der Waals surface area (Å²) >= 11 is 9.25. The molecule has 0 spiro atoms. The van der Waals surface area contributed by atoms with Crippen LogP contribution in [0.15, 0.2) is 40.9 Å². The topological polar surface area (TPSA) is 12.0 Å². The molecule has 1 unspecified atom stereocenters. The summed E-state index contributed by atoms with van der Waals surface area (Å²) in [5.41, 5.74) is 0.884. The fourth-order valence-electron chi connectivity index (χ4n) is 2.27. The van der Waals surface area contributed by atoms with E-state index in [9.17, 15) is 8.78 Å². The zero-order valence-electron chi connectivity index (χ0n) is 11.5. The minimum Gasteiger partial charge on any atom is -0.310 e. The molecule has 21 heavy (non-hydrogen) atoms. The van der Waals surface area contributed by atoms with Crippen molar-refractivity contribution in [3.8, 4) is 0 Å². The van der Waals surface area contributed by atoms with E-state index in [-0.39, 0.29) is 10.0 Å². The monoisotopic (exact) mass is 373 g/mol. The quantitative estimate of drug-likeness (QED) is 0.703. The Morgan fingerprint density at radius 2 is 1.90 bits per heavy atom. The number of benzene rings is 2. The standard InChI is InChI=1S/C16H15BrClF2N/c1-2-21-14(9-10-5-3-4-6-12(10)18)15-13(19)8-7-11(17)16(15)20/h3-8,14,21H,2,9H2,1H3. The van der Waals surface area contributed by atoms with Gasteiger partial charge in [-0.05, 0) is 52.7 Å². The van der Waals surface area contributed by atoms with Gasteiger partial charge in [0, 0.05) is 16.6 Å². The van der Waals surface area contributed by atoms with E-state index >= 15 is 0 Å². The van der Waals surface area contributed by atoms with E-state index in [1.54, 1.807) is 6.07 Å². The Bertz CT molecular complexity index is 634. The number of hydrogen-bond acceptors (Lipinski definition) is 1. The number of hydrogen-bond donors (Lipinski definition) is 1. The van der Waals surface area contributed by atoms with Gasteiger partial charge in [0.15, 0.2) is 0 Å². The zero-order valence-corrected chi connectivity index (χ0v) is 13.8. The van der Waals surface area contributed by atoms with Gasteiger partial charge in [0.1, 0.15) is 11.6 Å². The summed E-state index contributed by atoms with van der Waals surface area (Å²) in [6, 6.07) is 9.47. The second kappa shape index (κ2) is 7.34. The van der Waals surface area contributed by atoms with Crippen molar-refractivity contribution in [1.82, 2.24) is 5.32 Å². The lowest BCUT2D eigenvalue weighted by atomic mass is 9.97. The fraction of sp³-hybridized carbons (Fsp3) is 0.250. The molecule has 2 aromatic carbocycles. The summed E-state index contributed by atoms with van der Waals surface area (Å²) in [4.78, 5) is 0. The molecule has 1 atom stereocenters. The second-order valence-corrected chi connectivity index (χ2v) is 5.92. The number of nitrogens with one attached hydrogen (secondary N) is 1. The first-order valence-corrected chi connectivity index (χ1v) is 7.81. The highest BCUT2D eigenvalue weighted by Crippen LogP contribution is 2.30. The minimum atomic E-state index is -0.576. The van der Waals surface area contributed by atoms with E-state index < -0.39 is 17.7 Å². The van der Waals surface area contributed by atoms with Crippen molar-refractivity contribution in [2.75, 3.05) is 6.54 Å². The van der Waals surface area contributed by atoms with Crippen LogP contribution >= 0.6 is 27.5 Å². The molecule has 0 heterocycles. The molecule has 0 amide bonds. The normalized spacial score (nSPS) is 12.4. The van der Waals surface area contributed by atoms with E-state index in [2.05, 4.69) is 21.2 Å². The fourth-order valence-corrected chi connectivity index (χ4v) is 2.83. The van der Waals surface area contributed by atoms with Crippen LogP contribution in [0.4, 0.5) is 8.78 Å². The second-order valence-electron chi connectivity index (χ2n) is 4.66. The first-order valence-electron chi connectivity index (χ1n) is 6.64. The van der Waals surface area contributed by atoms with Gasteiger partial charge < -0.3 is 5.32 Å². The highest BCUT2D eigenvalue weighted by Gasteiger charge is 2.22. The molecule has 0 fully saturated rings. The third kappa shape index (κ3) is 3.82. The van der Waals surface area contributed by atoms with Gasteiger partial charge in [0.05, 0.1) is 4.47 Å². The van der Waals surface area contributed by atoms with E-state index in [1.165, 1.54) is 12.1 Å². The summed E-state index contributed by atoms with van der Waals surface area (Å²) in [6.07, 6.45) is 0.414. The van der Waals surface area contributed by atoms with Gasteiger partial charge in [-0.2, -0.15) is 0 Å². The lowest BCUT2D eigenvalue weighted by molar-refractivity contribution is 0.471. The maximum atomic E-state index is 14.3. The summed E-state index contributed by atoms with van der Waals surface area (Å²) in [6.45, 7) is 2.49. The highest BCUT2D eigenvalue weighted by molar-refractivity contribution is 9.10. The average molecular weight is 375 g/mol. The largest absolute Gasteiger partial charge is 0.310 e. The van der Waals surface area contributed by atoms with Gasteiger partial charge in [-0.1, -0.05) is 36.7 Å². The third-order valence-corrected chi connectivity index (χ3v) is 4.24. The number of halogens is 4. The van der Waals surface area contributed by atoms with Gasteiger partial charge in [0.2, 0.25) is 0 Å². The smallest absolute Gasteiger partial charge is 0.145 e. The van der Waals surface area contributed by atoms with Crippen LogP contribution in [0, 0.1) is 11.6 Å². The molecule has 112 valence electrons. The molecule has 0 saturated carbocycles. The lowest BCUT2D eigenvalue weighted by Crippen LogP contribution is -2.25. The first kappa shape index (κ1) is 16.4. The Kier molecular flexibility index (Phi) is 5.73. The van der Waals surface area contributed by atoms with Crippen molar-refractivity contribution in [2.24, 2.45) is 0 Å². The van der Waals surface area contributed by atoms with Gasteiger partial charge in [-0.25, -0.2) is 8.78 Å². The van der Waals surface area contributed by atoms with Crippen molar-refractivity contribution < 1.29 is 8.78 Å². The molecule has 0 aliphatic carbocycles. The van der Waals surface area contributed by atoms with Crippen LogP contribution in [0.2, 0.25) is 5.02 Å². The molecule has 0 aromatic heterocycles. The van der Waals surface area contributed by atoms with Crippen molar-refractivity contribution in [3.05, 3.63) is 68.7 Å². The van der Waals surface area contributed by atoms with E-state index in [0.29, 0.717) is 18.0 Å². The van der Waals surface area contributed by atoms with Crippen LogP contribution in [0.3, 0.4) is 0 Å². The molecule has 0 bridgehead atoms. The van der Waals surface area contributed by atoms with E-state index in [0.717, 1.165) is 5.56 Å². The van der Waals surface area contributed by atoms with Gasteiger partial charge in [0.25, 0.3) is 0 Å². The van der Waals surface area contributed by atoms with Crippen LogP contribution in [0.1, 0.15) is 24.1 Å². The molecule has 1 nitrogen and oxygen atoms in total. The minimum absolute atomic E-state index is 0.0335. The van der Waals surface area contributed by atoms with Crippen LogP contribution in [0.25, 0.3) is 0 Å². The third-order valence-electron chi connectivity index (χ3n) is 3.26. The zero-order chi connectivity index (χ0) is 15.4. The predicted molar refractivity (Wildman–Crippen MR) is 85.6 cm³/mol. The Morgan fingerprint density at radius 1 is 1.19 bits per heavy atom. The highest BCUT2D eigenvalue weighted by atomic mass is 79.9. The van der Waals surface area contributed by atoms with Crippen LogP contribution < -0.4 is 5.32 Å². The Morgan fingerprint density at radius 3 is 2.57 bits per heavy atom. The van der Waals surface area contributed by atoms with Crippen LogP contribution in [-0.2, 0) is 6.42 Å². The molecule has 2 rings (SSSR count). The van der Waals surface area contributed by atoms with Gasteiger partial charge in [-0.15, -0.1) is 0 Å². The Labute approximate surface area is 136 Å². The first-order chi connectivity index (χ1) is 10.0. The van der Waals surface area contributed by atoms with E-state index in [4.69, 9.17) is 11.6 Å². The number of likely N-dealkylation sites (N-methyl/N-ethyl adjacent to an activating group) is 1. The molecule has 1 N–H and O–H groups in total. The molecule has 0 saturated heterocycles. The van der Waals surface area contributed by atoms with Crippen molar-refractivity contribution in [3.63, 3.8) is 0 Å². The maximum absolute atomic E-state index is 14.3. The lowest BCUT2D eigenvalue weighted by Gasteiger charge is -2.21. The predicted octanol–water partition coefficient (Wildman–Crippen LogP) is 5.27. The van der Waals surface area contributed by atoms with E-state index in [1.807, 2.05) is 25.1 Å². The van der Waals surface area contributed by atoms with Crippen LogP contribution in [0.5, 0.6) is 0 Å². The Balaban J connectivity index is 2.40. The van der Waals surface area contributed by atoms with Crippen molar-refractivity contribution in [2.45, 2.75) is 19.4 Å². The molecule has 2 aromatic rings. The Hall–Kier alpha value is -0.970. The summed E-state index contributed by atoms with van der Waals surface area (Å²) < 4.78 is 28.6. The molecule has 0 radical (unpaired) electrons. The maximum Gasteiger partial charge on any atom is 0.145 e. The van der Waals surface area contributed by atoms with Crippen LogP contribution in [-0.4, -0.2) is 6.54 Å². The molecular weight excluding hydrogens is 360 g/mol. The van der Waals surface area contributed by atoms with Gasteiger partial charge in [-0.3, -0.25) is 0 Å². The molecule has 5 heteroatoms. The SMILES string of the molecule is CCNC(Cc1ccccc1Cl)c1c(F)ccc(Br)c1F. The summed E-state index contributed by atoms with van der Waals surface area (Å²) in [5, 5.41) is 3.72. The molecule has 0 aliphatic heterocycles. The molecule has 0 aliphatic rings. The molecular formula is C16H15BrClF2N. The average Bonchev–Trinajstić information content (AvgIpc) is 2.46. The van der Waals surface area contributed by atoms with Crippen molar-refractivity contribution >= 4 is 27.5 Å². The van der Waals surface area contributed by atoms with Gasteiger partial charge >= 0.3 is 0 Å². The summed E-state index contributed by atoms with van der Waals surface area (Å²) in [5.74, 6) is -1.14. The summed E-state index contributed by atoms with van der Waals surface area (Å²) in [7, 11) is 0. The van der Waals surface area contributed by atoms with Crippen molar-refractivity contribution in [1.29, 1.82) is 0 Å².